The van der Waals surface area contributed by atoms with E-state index in [1.807, 2.05) is 20.9 Å². The Morgan fingerprint density at radius 2 is 2.00 bits per heavy atom. The van der Waals surface area contributed by atoms with Gasteiger partial charge in [0.2, 0.25) is 0 Å². The summed E-state index contributed by atoms with van der Waals surface area (Å²) in [6, 6.07) is 0. The third-order valence-corrected chi connectivity index (χ3v) is 2.55. The second-order valence-electron chi connectivity index (χ2n) is 3.19. The molecule has 0 aliphatic rings. The van der Waals surface area contributed by atoms with Gasteiger partial charge in [0.25, 0.3) is 0 Å². The zero-order valence-corrected chi connectivity index (χ0v) is 9.13. The molecule has 0 atom stereocenters. The Kier molecular flexibility index (Phi) is 2.15. The van der Waals surface area contributed by atoms with Crippen molar-refractivity contribution in [3.8, 4) is 0 Å². The molecule has 0 aliphatic carbocycles. The van der Waals surface area contributed by atoms with Crippen molar-refractivity contribution in [2.75, 3.05) is 0 Å². The van der Waals surface area contributed by atoms with E-state index in [4.69, 9.17) is 11.6 Å². The average Bonchev–Trinajstić information content (AvgIpc) is 2.45. The largest absolute Gasteiger partial charge is 0.270 e. The molecule has 2 rings (SSSR count). The highest BCUT2D eigenvalue weighted by atomic mass is 35.5. The van der Waals surface area contributed by atoms with Gasteiger partial charge in [0.15, 0.2) is 5.15 Å². The Balaban J connectivity index is 2.83. The lowest BCUT2D eigenvalue weighted by Gasteiger charge is -1.96. The number of aromatic nitrogens is 4. The maximum Gasteiger partial charge on any atom is 0.160 e. The Morgan fingerprint density at radius 1 is 1.29 bits per heavy atom. The van der Waals surface area contributed by atoms with Crippen molar-refractivity contribution in [2.24, 2.45) is 7.05 Å². The van der Waals surface area contributed by atoms with Gasteiger partial charge in [-0.1, -0.05) is 18.5 Å². The summed E-state index contributed by atoms with van der Waals surface area (Å²) >= 11 is 6.00. The van der Waals surface area contributed by atoms with Crippen molar-refractivity contribution in [1.29, 1.82) is 0 Å². The van der Waals surface area contributed by atoms with Crippen molar-refractivity contribution in [1.82, 2.24) is 19.7 Å². The van der Waals surface area contributed by atoms with Crippen LogP contribution < -0.4 is 0 Å². The third-order valence-electron chi connectivity index (χ3n) is 2.28. The number of halogens is 1. The second-order valence-corrected chi connectivity index (χ2v) is 3.55. The van der Waals surface area contributed by atoms with Crippen molar-refractivity contribution >= 4 is 22.6 Å². The Morgan fingerprint density at radius 3 is 2.64 bits per heavy atom. The van der Waals surface area contributed by atoms with Crippen LogP contribution in [0, 0.1) is 6.92 Å². The van der Waals surface area contributed by atoms with Gasteiger partial charge in [-0.3, -0.25) is 4.68 Å². The minimum atomic E-state index is 0.440. The molecule has 0 saturated heterocycles. The lowest BCUT2D eigenvalue weighted by molar-refractivity contribution is 0.750. The molecule has 0 spiro atoms. The lowest BCUT2D eigenvalue weighted by Crippen LogP contribution is -1.94. The predicted octanol–water partition coefficient (Wildman–Crippen LogP) is 1.89. The molecule has 0 saturated carbocycles. The third kappa shape index (κ3) is 1.26. The quantitative estimate of drug-likeness (QED) is 0.676. The zero-order chi connectivity index (χ0) is 10.3. The van der Waals surface area contributed by atoms with Crippen molar-refractivity contribution in [3.63, 3.8) is 0 Å². The average molecular weight is 211 g/mol. The van der Waals surface area contributed by atoms with Crippen LogP contribution in [0.2, 0.25) is 5.15 Å². The molecule has 0 amide bonds. The first kappa shape index (κ1) is 9.40. The summed E-state index contributed by atoms with van der Waals surface area (Å²) in [5.41, 5.74) is 2.55. The van der Waals surface area contributed by atoms with Crippen LogP contribution >= 0.6 is 11.6 Å². The van der Waals surface area contributed by atoms with E-state index in [1.54, 1.807) is 4.68 Å². The van der Waals surface area contributed by atoms with Crippen LogP contribution in [0.25, 0.3) is 11.0 Å². The fourth-order valence-corrected chi connectivity index (χ4v) is 1.57. The molecule has 0 aliphatic heterocycles. The molecule has 0 bridgehead atoms. The minimum Gasteiger partial charge on any atom is -0.270 e. The minimum absolute atomic E-state index is 0.440. The molecule has 74 valence electrons. The number of rotatable bonds is 1. The van der Waals surface area contributed by atoms with Crippen LogP contribution in [0.4, 0.5) is 0 Å². The Hall–Kier alpha value is -1.16. The molecular formula is C9H11ClN4. The lowest BCUT2D eigenvalue weighted by atomic mass is 10.3. The molecule has 0 radical (unpaired) electrons. The number of fused-ring (bicyclic) bond motifs is 1. The van der Waals surface area contributed by atoms with E-state index in [0.717, 1.165) is 23.5 Å². The van der Waals surface area contributed by atoms with Gasteiger partial charge in [-0.05, 0) is 6.92 Å². The molecule has 2 heterocycles. The smallest absolute Gasteiger partial charge is 0.160 e. The van der Waals surface area contributed by atoms with Crippen LogP contribution in [0.1, 0.15) is 18.4 Å². The molecule has 14 heavy (non-hydrogen) atoms. The van der Waals surface area contributed by atoms with Gasteiger partial charge in [-0.25, -0.2) is 9.97 Å². The molecule has 5 heteroatoms. The van der Waals surface area contributed by atoms with E-state index < -0.39 is 0 Å². The number of hydrogen-bond donors (Lipinski definition) is 0. The van der Waals surface area contributed by atoms with Gasteiger partial charge in [-0.15, -0.1) is 0 Å². The van der Waals surface area contributed by atoms with Gasteiger partial charge < -0.3 is 0 Å². The standard InChI is InChI=1S/C9H11ClN4/c1-4-6-11-7-5(2)14(3)13-8(7)9(10)12-6/h4H2,1-3H3. The summed E-state index contributed by atoms with van der Waals surface area (Å²) in [4.78, 5) is 8.55. The normalized spacial score (nSPS) is 11.1. The van der Waals surface area contributed by atoms with Crippen molar-refractivity contribution < 1.29 is 0 Å². The second kappa shape index (κ2) is 3.20. The summed E-state index contributed by atoms with van der Waals surface area (Å²) in [6.45, 7) is 3.97. The Labute approximate surface area is 86.9 Å². The van der Waals surface area contributed by atoms with E-state index in [1.165, 1.54) is 0 Å². The van der Waals surface area contributed by atoms with Crippen LogP contribution in [-0.4, -0.2) is 19.7 Å². The van der Waals surface area contributed by atoms with E-state index in [9.17, 15) is 0 Å². The summed E-state index contributed by atoms with van der Waals surface area (Å²) in [7, 11) is 1.87. The molecule has 0 aromatic carbocycles. The van der Waals surface area contributed by atoms with E-state index >= 15 is 0 Å². The number of aryl methyl sites for hydroxylation is 3. The fourth-order valence-electron chi connectivity index (χ4n) is 1.35. The first-order chi connectivity index (χ1) is 6.63. The van der Waals surface area contributed by atoms with Gasteiger partial charge >= 0.3 is 0 Å². The fraction of sp³-hybridized carbons (Fsp3) is 0.444. The van der Waals surface area contributed by atoms with Gasteiger partial charge in [0.05, 0.1) is 5.69 Å². The molecule has 4 nitrogen and oxygen atoms in total. The highest BCUT2D eigenvalue weighted by Gasteiger charge is 2.11. The molecule has 2 aromatic rings. The highest BCUT2D eigenvalue weighted by Crippen LogP contribution is 2.21. The van der Waals surface area contributed by atoms with Gasteiger partial charge in [0, 0.05) is 13.5 Å². The van der Waals surface area contributed by atoms with E-state index in [2.05, 4.69) is 15.1 Å². The molecule has 0 N–H and O–H groups in total. The molecular weight excluding hydrogens is 200 g/mol. The molecule has 2 aromatic heterocycles. The predicted molar refractivity (Wildman–Crippen MR) is 55.4 cm³/mol. The van der Waals surface area contributed by atoms with E-state index in [0.29, 0.717) is 10.7 Å². The molecule has 0 unspecified atom stereocenters. The maximum atomic E-state index is 6.00. The first-order valence-corrected chi connectivity index (χ1v) is 4.87. The molecule has 0 fully saturated rings. The summed E-state index contributed by atoms with van der Waals surface area (Å²) in [6.07, 6.45) is 0.782. The first-order valence-electron chi connectivity index (χ1n) is 4.49. The summed E-state index contributed by atoms with van der Waals surface area (Å²) in [5, 5.41) is 4.69. The van der Waals surface area contributed by atoms with E-state index in [-0.39, 0.29) is 0 Å². The van der Waals surface area contributed by atoms with Crippen molar-refractivity contribution in [3.05, 3.63) is 16.7 Å². The van der Waals surface area contributed by atoms with Crippen LogP contribution in [-0.2, 0) is 13.5 Å². The van der Waals surface area contributed by atoms with Crippen LogP contribution in [0.5, 0.6) is 0 Å². The van der Waals surface area contributed by atoms with Crippen LogP contribution in [0.3, 0.4) is 0 Å². The summed E-state index contributed by atoms with van der Waals surface area (Å²) in [5.74, 6) is 0.763. The van der Waals surface area contributed by atoms with Crippen molar-refractivity contribution in [2.45, 2.75) is 20.3 Å². The summed E-state index contributed by atoms with van der Waals surface area (Å²) < 4.78 is 1.77. The Bertz CT molecular complexity index is 489. The van der Waals surface area contributed by atoms with Gasteiger partial charge in [-0.2, -0.15) is 5.10 Å². The zero-order valence-electron chi connectivity index (χ0n) is 8.37. The van der Waals surface area contributed by atoms with Crippen LogP contribution in [0.15, 0.2) is 0 Å². The monoisotopic (exact) mass is 210 g/mol. The SMILES string of the molecule is CCc1nc(Cl)c2nn(C)c(C)c2n1. The topological polar surface area (TPSA) is 43.6 Å². The number of hydrogen-bond acceptors (Lipinski definition) is 3. The van der Waals surface area contributed by atoms with Gasteiger partial charge in [0.1, 0.15) is 16.9 Å². The maximum absolute atomic E-state index is 6.00. The number of nitrogens with zero attached hydrogens (tertiary/aromatic N) is 4. The highest BCUT2D eigenvalue weighted by molar-refractivity contribution is 6.33.